The van der Waals surface area contributed by atoms with Crippen LogP contribution in [0.1, 0.15) is 99.3 Å². The first kappa shape index (κ1) is 24.6. The van der Waals surface area contributed by atoms with Crippen LogP contribution in [0.5, 0.6) is 0 Å². The molecule has 1 N–H and O–H groups in total. The summed E-state index contributed by atoms with van der Waals surface area (Å²) in [5, 5.41) is 10.1. The zero-order valence-corrected chi connectivity index (χ0v) is 24.4. The van der Waals surface area contributed by atoms with Crippen molar-refractivity contribution in [1.82, 2.24) is 0 Å². The average Bonchev–Trinajstić information content (AvgIpc) is 3.29. The fourth-order valence-electron chi connectivity index (χ4n) is 11.1. The van der Waals surface area contributed by atoms with Gasteiger partial charge in [0.15, 0.2) is 5.78 Å². The van der Waals surface area contributed by atoms with Crippen LogP contribution in [0.4, 0.5) is 0 Å². The smallest absolute Gasteiger partial charge is 0.309 e. The van der Waals surface area contributed by atoms with E-state index in [1.54, 1.807) is 0 Å². The lowest BCUT2D eigenvalue weighted by atomic mass is 9.34. The van der Waals surface area contributed by atoms with E-state index in [9.17, 15) is 19.5 Å². The Hall–Kier alpha value is -0.720. The van der Waals surface area contributed by atoms with Crippen LogP contribution in [-0.4, -0.2) is 26.6 Å². The molecule has 6 aliphatic carbocycles. The zero-order chi connectivity index (χ0) is 25.6. The van der Waals surface area contributed by atoms with Crippen molar-refractivity contribution >= 4 is 40.1 Å². The molecule has 5 heteroatoms. The number of aliphatic carboxylic acids is 1. The highest BCUT2D eigenvalue weighted by atomic mass is 127. The van der Waals surface area contributed by atoms with Gasteiger partial charge in [-0.3, -0.25) is 14.4 Å². The van der Waals surface area contributed by atoms with Crippen LogP contribution in [0.2, 0.25) is 0 Å². The third-order valence-electron chi connectivity index (χ3n) is 13.9. The summed E-state index contributed by atoms with van der Waals surface area (Å²) in [6, 6.07) is 0. The van der Waals surface area contributed by atoms with Gasteiger partial charge in [0.1, 0.15) is 5.78 Å². The lowest BCUT2D eigenvalue weighted by Crippen LogP contribution is -2.65. The Labute approximate surface area is 223 Å². The number of ketones is 2. The van der Waals surface area contributed by atoms with Gasteiger partial charge < -0.3 is 5.11 Å². The predicted octanol–water partition coefficient (Wildman–Crippen LogP) is 6.79. The number of hydrogen-bond acceptors (Lipinski definition) is 3. The molecule has 5 fully saturated rings. The lowest BCUT2D eigenvalue weighted by Gasteiger charge is -2.69. The molecule has 0 aromatic carbocycles. The van der Waals surface area contributed by atoms with Gasteiger partial charge in [0, 0.05) is 27.1 Å². The maximum Gasteiger partial charge on any atom is 0.309 e. The fourth-order valence-corrected chi connectivity index (χ4v) is 13.4. The Balaban J connectivity index is 1.49. The Morgan fingerprint density at radius 1 is 0.914 bits per heavy atom. The highest BCUT2D eigenvalue weighted by Crippen LogP contribution is 2.87. The van der Waals surface area contributed by atoms with E-state index < -0.39 is 11.4 Å². The van der Waals surface area contributed by atoms with Gasteiger partial charge in [-0.2, -0.15) is 0 Å². The summed E-state index contributed by atoms with van der Waals surface area (Å²) in [7, 11) is 0. The van der Waals surface area contributed by atoms with Gasteiger partial charge in [0.2, 0.25) is 0 Å². The van der Waals surface area contributed by atoms with Crippen molar-refractivity contribution in [2.45, 2.75) is 103 Å². The molecule has 0 radical (unpaired) electrons. The molecule has 0 aromatic rings. The van der Waals surface area contributed by atoms with Crippen LogP contribution in [0.15, 0.2) is 11.6 Å². The molecule has 0 bridgehead atoms. The van der Waals surface area contributed by atoms with Gasteiger partial charge in [-0.15, -0.1) is 0 Å². The standard InChI is InChI=1S/C30H41IO4/c1-24-9-10-25(2,23(34)35)16-18(24)17-15-19(32)21-27(4,26(17,3)12-11-24)13-14-30-22(31)29(30,6)20(33)7-8-28(21,30)5/h15,18,21-22H,7-14,16H2,1-6H3,(H,34,35)/t18-,21+,22?,24-,25+,26-,27-,28-,29-,30+/m1/s1. The van der Waals surface area contributed by atoms with Crippen molar-refractivity contribution in [2.75, 3.05) is 0 Å². The van der Waals surface area contributed by atoms with E-state index in [1.807, 2.05) is 13.0 Å². The molecule has 4 nitrogen and oxygen atoms in total. The molecule has 0 aliphatic heterocycles. The largest absolute Gasteiger partial charge is 0.481 e. The van der Waals surface area contributed by atoms with Gasteiger partial charge >= 0.3 is 5.97 Å². The number of carboxylic acids is 1. The number of carboxylic acid groups (broad SMARTS) is 1. The van der Waals surface area contributed by atoms with E-state index in [-0.39, 0.29) is 50.1 Å². The third-order valence-corrected chi connectivity index (χ3v) is 16.2. The van der Waals surface area contributed by atoms with E-state index in [4.69, 9.17) is 0 Å². The number of rotatable bonds is 1. The third kappa shape index (κ3) is 2.41. The SMILES string of the molecule is C[C@]1(C(=O)O)CC[C@]2(C)CC[C@]3(C)C(=CC(=O)[C@@H]4[C@@]5(C)CCC(=O)[C@]6(C)C(I)[C@]65CC[C@]43C)[C@H]2C1. The normalized spacial score (nSPS) is 58.7. The minimum Gasteiger partial charge on any atom is -0.481 e. The molecule has 192 valence electrons. The second-order valence-corrected chi connectivity index (χ2v) is 16.1. The maximum atomic E-state index is 14.3. The average molecular weight is 593 g/mol. The maximum absolute atomic E-state index is 14.3. The topological polar surface area (TPSA) is 71.4 Å². The van der Waals surface area contributed by atoms with E-state index >= 15 is 0 Å². The Kier molecular flexibility index (Phi) is 4.67. The monoisotopic (exact) mass is 592 g/mol. The minimum absolute atomic E-state index is 0.0622. The van der Waals surface area contributed by atoms with Gasteiger partial charge in [0.05, 0.1) is 5.41 Å². The second-order valence-electron chi connectivity index (χ2n) is 14.8. The Morgan fingerprint density at radius 3 is 2.23 bits per heavy atom. The summed E-state index contributed by atoms with van der Waals surface area (Å²) in [5.41, 5.74) is -0.169. The number of carbonyl (C=O) groups excluding carboxylic acids is 2. The summed E-state index contributed by atoms with van der Waals surface area (Å²) < 4.78 is 0.312. The van der Waals surface area contributed by atoms with Gasteiger partial charge in [-0.1, -0.05) is 62.8 Å². The van der Waals surface area contributed by atoms with Gasteiger partial charge in [-0.25, -0.2) is 0 Å². The number of carbonyl (C=O) groups is 3. The molecule has 5 saturated carbocycles. The van der Waals surface area contributed by atoms with E-state index in [1.165, 1.54) is 5.57 Å². The van der Waals surface area contributed by atoms with Crippen molar-refractivity contribution in [2.24, 2.45) is 49.7 Å². The molecule has 0 saturated heterocycles. The summed E-state index contributed by atoms with van der Waals surface area (Å²) in [6.07, 6.45) is 9.89. The summed E-state index contributed by atoms with van der Waals surface area (Å²) in [6.45, 7) is 13.6. The van der Waals surface area contributed by atoms with Gasteiger partial charge in [0.25, 0.3) is 0 Å². The minimum atomic E-state index is -0.722. The molecule has 0 heterocycles. The molecule has 0 amide bonds. The molecule has 6 rings (SSSR count). The first-order valence-electron chi connectivity index (χ1n) is 13.7. The van der Waals surface area contributed by atoms with Crippen LogP contribution >= 0.6 is 22.6 Å². The number of allylic oxidation sites excluding steroid dienone is 2. The Morgan fingerprint density at radius 2 is 1.57 bits per heavy atom. The van der Waals surface area contributed by atoms with Crippen LogP contribution in [0.25, 0.3) is 0 Å². The molecule has 35 heavy (non-hydrogen) atoms. The first-order chi connectivity index (χ1) is 16.1. The quantitative estimate of drug-likeness (QED) is 0.269. The second kappa shape index (κ2) is 6.64. The molecule has 10 atom stereocenters. The fraction of sp³-hybridized carbons (Fsp3) is 0.833. The van der Waals surface area contributed by atoms with Crippen molar-refractivity contribution in [3.63, 3.8) is 0 Å². The van der Waals surface area contributed by atoms with Crippen LogP contribution in [0.3, 0.4) is 0 Å². The van der Waals surface area contributed by atoms with Gasteiger partial charge in [-0.05, 0) is 91.9 Å². The zero-order valence-electron chi connectivity index (χ0n) is 22.2. The molecular formula is C30H41IO4. The number of Topliss-reactive ketones (excluding diaryl/α,β-unsaturated/α-hetero) is 1. The predicted molar refractivity (Wildman–Crippen MR) is 143 cm³/mol. The van der Waals surface area contributed by atoms with Crippen molar-refractivity contribution < 1.29 is 19.5 Å². The molecule has 1 spiro atoms. The number of fused-ring (bicyclic) bond motifs is 6. The molecule has 6 aliphatic rings. The number of hydrogen-bond donors (Lipinski definition) is 1. The first-order valence-corrected chi connectivity index (χ1v) is 15.0. The van der Waals surface area contributed by atoms with E-state index in [0.717, 1.165) is 44.9 Å². The van der Waals surface area contributed by atoms with Crippen molar-refractivity contribution in [3.05, 3.63) is 11.6 Å². The highest BCUT2D eigenvalue weighted by Gasteiger charge is 2.87. The van der Waals surface area contributed by atoms with Crippen LogP contribution in [0, 0.1) is 49.7 Å². The van der Waals surface area contributed by atoms with Crippen molar-refractivity contribution in [1.29, 1.82) is 0 Å². The van der Waals surface area contributed by atoms with Crippen LogP contribution < -0.4 is 0 Å². The molecular weight excluding hydrogens is 551 g/mol. The number of alkyl halides is 1. The summed E-state index contributed by atoms with van der Waals surface area (Å²) in [4.78, 5) is 39.7. The summed E-state index contributed by atoms with van der Waals surface area (Å²) >= 11 is 2.53. The van der Waals surface area contributed by atoms with Crippen LogP contribution in [-0.2, 0) is 14.4 Å². The van der Waals surface area contributed by atoms with E-state index in [2.05, 4.69) is 57.2 Å². The molecule has 1 unspecified atom stereocenters. The molecule has 0 aromatic heterocycles. The Bertz CT molecular complexity index is 1110. The van der Waals surface area contributed by atoms with Crippen molar-refractivity contribution in [3.8, 4) is 0 Å². The lowest BCUT2D eigenvalue weighted by molar-refractivity contribution is -0.182. The summed E-state index contributed by atoms with van der Waals surface area (Å²) in [5.74, 6) is 0.0630. The van der Waals surface area contributed by atoms with E-state index in [0.29, 0.717) is 22.5 Å². The highest BCUT2D eigenvalue weighted by molar-refractivity contribution is 14.1. The number of halogens is 1.